The molecular weight excluding hydrogens is 464 g/mol. The molecular formula is C28H37ClN2O4. The number of oxime groups is 1. The standard InChI is InChI=1S/C28H37ClN2O4/c1-20-11-6-4-9-16-34-28(33)26-21(2)17-22(3)27(29)24(26)18-23(13-10-12-20)30-35-19-25(32)31-14-7-5-8-15-31/h6,10-11,13,17,20H,4-5,7-9,12,14-16,18-19H2,1-3H3/b11-6?,13-10+,30-23+. The van der Waals surface area contributed by atoms with Gasteiger partial charge in [-0.2, -0.15) is 0 Å². The van der Waals surface area contributed by atoms with Gasteiger partial charge in [0.05, 0.1) is 17.9 Å². The predicted molar refractivity (Wildman–Crippen MR) is 140 cm³/mol. The first-order valence-corrected chi connectivity index (χ1v) is 13.0. The maximum Gasteiger partial charge on any atom is 0.338 e. The third kappa shape index (κ3) is 7.96. The number of ether oxygens (including phenoxy) is 1. The molecule has 190 valence electrons. The van der Waals surface area contributed by atoms with Gasteiger partial charge in [0.1, 0.15) is 0 Å². The number of piperidine rings is 1. The molecule has 0 saturated carbocycles. The second-order valence-corrected chi connectivity index (χ2v) is 9.85. The van der Waals surface area contributed by atoms with E-state index in [0.717, 1.165) is 62.7 Å². The van der Waals surface area contributed by atoms with E-state index in [0.29, 0.717) is 40.8 Å². The van der Waals surface area contributed by atoms with Crippen molar-refractivity contribution in [1.29, 1.82) is 0 Å². The van der Waals surface area contributed by atoms with Crippen LogP contribution in [0.2, 0.25) is 5.02 Å². The summed E-state index contributed by atoms with van der Waals surface area (Å²) in [6, 6.07) is 1.90. The second-order valence-electron chi connectivity index (χ2n) is 9.47. The number of amides is 1. The number of nitrogens with zero attached hydrogens (tertiary/aromatic N) is 2. The van der Waals surface area contributed by atoms with E-state index in [4.69, 9.17) is 21.2 Å². The van der Waals surface area contributed by atoms with E-state index >= 15 is 0 Å². The zero-order chi connectivity index (χ0) is 25.2. The fourth-order valence-electron chi connectivity index (χ4n) is 4.47. The number of esters is 1. The summed E-state index contributed by atoms with van der Waals surface area (Å²) in [5.74, 6) is -0.0686. The number of rotatable bonds is 3. The van der Waals surface area contributed by atoms with Crippen LogP contribution in [0.5, 0.6) is 0 Å². The van der Waals surface area contributed by atoms with Gasteiger partial charge in [0.15, 0.2) is 6.61 Å². The monoisotopic (exact) mass is 500 g/mol. The molecule has 1 amide bonds. The van der Waals surface area contributed by atoms with Crippen LogP contribution in [-0.4, -0.2) is 48.8 Å². The van der Waals surface area contributed by atoms with Crippen molar-refractivity contribution in [3.05, 3.63) is 57.6 Å². The molecule has 1 saturated heterocycles. The van der Waals surface area contributed by atoms with Crippen molar-refractivity contribution in [3.63, 3.8) is 0 Å². The molecule has 2 aliphatic heterocycles. The zero-order valence-corrected chi connectivity index (χ0v) is 21.9. The van der Waals surface area contributed by atoms with Gasteiger partial charge in [0, 0.05) is 24.5 Å². The molecule has 6 nitrogen and oxygen atoms in total. The van der Waals surface area contributed by atoms with Crippen LogP contribution in [0.1, 0.15) is 72.5 Å². The maximum atomic E-state index is 13.0. The molecule has 1 fully saturated rings. The van der Waals surface area contributed by atoms with Gasteiger partial charge in [-0.3, -0.25) is 4.79 Å². The maximum absolute atomic E-state index is 13.0. The van der Waals surface area contributed by atoms with Crippen molar-refractivity contribution in [2.24, 2.45) is 11.1 Å². The number of cyclic esters (lactones) is 1. The number of benzene rings is 1. The highest BCUT2D eigenvalue weighted by molar-refractivity contribution is 6.33. The lowest BCUT2D eigenvalue weighted by molar-refractivity contribution is -0.137. The van der Waals surface area contributed by atoms with Crippen LogP contribution in [0.15, 0.2) is 35.5 Å². The Hall–Kier alpha value is -2.60. The van der Waals surface area contributed by atoms with E-state index in [1.54, 1.807) is 0 Å². The van der Waals surface area contributed by atoms with Crippen LogP contribution < -0.4 is 0 Å². The Morgan fingerprint density at radius 3 is 2.71 bits per heavy atom. The Kier molecular flexibility index (Phi) is 10.4. The second kappa shape index (κ2) is 13.5. The highest BCUT2D eigenvalue weighted by Crippen LogP contribution is 2.29. The number of allylic oxidation sites excluding steroid dienone is 4. The van der Waals surface area contributed by atoms with Crippen molar-refractivity contribution < 1.29 is 19.2 Å². The Bertz CT molecular complexity index is 993. The average Bonchev–Trinajstić information content (AvgIpc) is 2.84. The van der Waals surface area contributed by atoms with Gasteiger partial charge in [-0.15, -0.1) is 0 Å². The van der Waals surface area contributed by atoms with Crippen molar-refractivity contribution in [2.45, 2.75) is 65.7 Å². The largest absolute Gasteiger partial charge is 0.462 e. The van der Waals surface area contributed by atoms with Crippen LogP contribution >= 0.6 is 11.6 Å². The number of carbonyl (C=O) groups is 2. The minimum atomic E-state index is -0.379. The summed E-state index contributed by atoms with van der Waals surface area (Å²) in [6.07, 6.45) is 14.2. The van der Waals surface area contributed by atoms with Crippen LogP contribution in [0.4, 0.5) is 0 Å². The van der Waals surface area contributed by atoms with Gasteiger partial charge in [-0.1, -0.05) is 48.0 Å². The lowest BCUT2D eigenvalue weighted by Crippen LogP contribution is -2.37. The molecule has 1 unspecified atom stereocenters. The van der Waals surface area contributed by atoms with Crippen LogP contribution in [0, 0.1) is 19.8 Å². The van der Waals surface area contributed by atoms with E-state index in [-0.39, 0.29) is 18.5 Å². The molecule has 0 bridgehead atoms. The van der Waals surface area contributed by atoms with Crippen LogP contribution in [0.3, 0.4) is 0 Å². The van der Waals surface area contributed by atoms with Crippen molar-refractivity contribution >= 4 is 29.2 Å². The average molecular weight is 501 g/mol. The summed E-state index contributed by atoms with van der Waals surface area (Å²) in [7, 11) is 0. The SMILES string of the molecule is Cc1cc(C)c2c(c1Cl)CC(=N/OCC(=O)N1CCCCC1)/C=C/CC(C)C=CCCCOC2=O. The number of hydrogen-bond acceptors (Lipinski definition) is 5. The molecule has 0 aromatic heterocycles. The summed E-state index contributed by atoms with van der Waals surface area (Å²) in [5.41, 5.74) is 3.45. The fraction of sp³-hybridized carbons (Fsp3) is 0.536. The third-order valence-electron chi connectivity index (χ3n) is 6.41. The lowest BCUT2D eigenvalue weighted by Gasteiger charge is -2.26. The Balaban J connectivity index is 1.88. The first kappa shape index (κ1) is 27.0. The molecule has 0 radical (unpaired) electrons. The first-order valence-electron chi connectivity index (χ1n) is 12.6. The topological polar surface area (TPSA) is 68.2 Å². The van der Waals surface area contributed by atoms with Crippen molar-refractivity contribution in [2.75, 3.05) is 26.3 Å². The van der Waals surface area contributed by atoms with Crippen molar-refractivity contribution in [3.8, 4) is 0 Å². The fourth-order valence-corrected chi connectivity index (χ4v) is 4.68. The molecule has 2 heterocycles. The number of fused-ring (bicyclic) bond motifs is 1. The lowest BCUT2D eigenvalue weighted by atomic mass is 9.94. The molecule has 35 heavy (non-hydrogen) atoms. The Morgan fingerprint density at radius 1 is 1.17 bits per heavy atom. The minimum absolute atomic E-state index is 0.0531. The number of likely N-dealkylation sites (tertiary alicyclic amines) is 1. The third-order valence-corrected chi connectivity index (χ3v) is 6.94. The highest BCUT2D eigenvalue weighted by Gasteiger charge is 2.22. The normalized spacial score (nSPS) is 22.1. The predicted octanol–water partition coefficient (Wildman–Crippen LogP) is 5.97. The zero-order valence-electron chi connectivity index (χ0n) is 21.1. The van der Waals surface area contributed by atoms with E-state index in [1.165, 1.54) is 0 Å². The molecule has 0 N–H and O–H groups in total. The molecule has 1 aromatic rings. The molecule has 0 aliphatic carbocycles. The number of carbonyl (C=O) groups excluding carboxylic acids is 2. The summed E-state index contributed by atoms with van der Waals surface area (Å²) in [4.78, 5) is 32.9. The van der Waals surface area contributed by atoms with E-state index in [2.05, 4.69) is 30.3 Å². The van der Waals surface area contributed by atoms with Gasteiger partial charge in [0.2, 0.25) is 0 Å². The Labute approximate surface area is 214 Å². The summed E-state index contributed by atoms with van der Waals surface area (Å²) in [5, 5.41) is 4.83. The van der Waals surface area contributed by atoms with Gasteiger partial charge in [0.25, 0.3) is 5.91 Å². The quantitative estimate of drug-likeness (QED) is 0.291. The summed E-state index contributed by atoms with van der Waals surface area (Å²) >= 11 is 6.70. The van der Waals surface area contributed by atoms with E-state index < -0.39 is 0 Å². The molecule has 7 heteroatoms. The number of aryl methyl sites for hydroxylation is 2. The summed E-state index contributed by atoms with van der Waals surface area (Å²) < 4.78 is 5.59. The molecule has 1 atom stereocenters. The van der Waals surface area contributed by atoms with E-state index in [9.17, 15) is 9.59 Å². The molecule has 1 aromatic carbocycles. The highest BCUT2D eigenvalue weighted by atomic mass is 35.5. The minimum Gasteiger partial charge on any atom is -0.462 e. The summed E-state index contributed by atoms with van der Waals surface area (Å²) in [6.45, 7) is 7.76. The van der Waals surface area contributed by atoms with E-state index in [1.807, 2.05) is 30.9 Å². The van der Waals surface area contributed by atoms with Crippen molar-refractivity contribution in [1.82, 2.24) is 4.90 Å². The molecule has 0 spiro atoms. The van der Waals surface area contributed by atoms with Gasteiger partial charge in [-0.05, 0) is 81.1 Å². The van der Waals surface area contributed by atoms with Gasteiger partial charge < -0.3 is 14.5 Å². The molecule has 3 rings (SSSR count). The number of halogens is 1. The van der Waals surface area contributed by atoms with Gasteiger partial charge >= 0.3 is 5.97 Å². The van der Waals surface area contributed by atoms with Crippen LogP contribution in [0.25, 0.3) is 0 Å². The first-order chi connectivity index (χ1) is 16.9. The molecule has 2 aliphatic rings. The van der Waals surface area contributed by atoms with Crippen LogP contribution in [-0.2, 0) is 20.8 Å². The Morgan fingerprint density at radius 2 is 1.94 bits per heavy atom. The van der Waals surface area contributed by atoms with Gasteiger partial charge in [-0.25, -0.2) is 4.79 Å². The smallest absolute Gasteiger partial charge is 0.338 e. The number of hydrogen-bond donors (Lipinski definition) is 0.